The molecule has 1 N–H and O–H groups in total. The van der Waals surface area contributed by atoms with E-state index < -0.39 is 0 Å². The molecule has 4 heterocycles. The number of nitrogens with zero attached hydrogens (tertiary/aromatic N) is 4. The highest BCUT2D eigenvalue weighted by Gasteiger charge is 2.39. The lowest BCUT2D eigenvalue weighted by Crippen LogP contribution is -2.38. The third-order valence-electron chi connectivity index (χ3n) is 5.37. The third-order valence-corrected chi connectivity index (χ3v) is 5.72. The summed E-state index contributed by atoms with van der Waals surface area (Å²) in [5.74, 6) is 0. The maximum Gasteiger partial charge on any atom is 0.170 e. The fourth-order valence-corrected chi connectivity index (χ4v) is 4.33. The molecule has 2 unspecified atom stereocenters. The van der Waals surface area contributed by atoms with E-state index in [4.69, 9.17) is 17.0 Å². The van der Waals surface area contributed by atoms with Gasteiger partial charge in [0.15, 0.2) is 5.11 Å². The number of pyridine rings is 1. The molecule has 6 nitrogen and oxygen atoms in total. The van der Waals surface area contributed by atoms with E-state index in [-0.39, 0.29) is 12.1 Å². The molecule has 0 bridgehead atoms. The first-order valence-electron chi connectivity index (χ1n) is 9.62. The first-order chi connectivity index (χ1) is 13.2. The maximum atomic E-state index is 5.72. The number of nitrogens with one attached hydrogen (secondary N) is 1. The van der Waals surface area contributed by atoms with Crippen LogP contribution in [0.15, 0.2) is 42.9 Å². The van der Waals surface area contributed by atoms with Crippen LogP contribution in [0.4, 0.5) is 0 Å². The van der Waals surface area contributed by atoms with Crippen molar-refractivity contribution >= 4 is 17.3 Å². The average molecular weight is 386 g/mol. The molecule has 2 fully saturated rings. The molecule has 27 heavy (non-hydrogen) atoms. The van der Waals surface area contributed by atoms with E-state index in [0.717, 1.165) is 56.6 Å². The maximum absolute atomic E-state index is 5.72. The van der Waals surface area contributed by atoms with Gasteiger partial charge < -0.3 is 19.5 Å². The number of hydrogen-bond acceptors (Lipinski definition) is 4. The van der Waals surface area contributed by atoms with Crippen LogP contribution in [-0.2, 0) is 11.8 Å². The van der Waals surface area contributed by atoms with Crippen molar-refractivity contribution in [2.45, 2.75) is 18.5 Å². The lowest BCUT2D eigenvalue weighted by Gasteiger charge is -2.30. The summed E-state index contributed by atoms with van der Waals surface area (Å²) in [6.45, 7) is 5.77. The Labute approximate surface area is 166 Å². The largest absolute Gasteiger partial charge is 0.379 e. The summed E-state index contributed by atoms with van der Waals surface area (Å²) in [6.07, 6.45) is 7.21. The molecule has 7 heteroatoms. The zero-order valence-electron chi connectivity index (χ0n) is 15.8. The van der Waals surface area contributed by atoms with Gasteiger partial charge in [-0.1, -0.05) is 6.07 Å². The molecule has 0 aromatic carbocycles. The minimum absolute atomic E-state index is 0.0736. The fourth-order valence-electron chi connectivity index (χ4n) is 4.00. The second-order valence-corrected chi connectivity index (χ2v) is 7.62. The Hall–Kier alpha value is -1.96. The van der Waals surface area contributed by atoms with Crippen LogP contribution >= 0.6 is 12.2 Å². The van der Waals surface area contributed by atoms with Gasteiger partial charge >= 0.3 is 0 Å². The fraction of sp³-hybridized carbons (Fsp3) is 0.500. The number of morpholine rings is 1. The van der Waals surface area contributed by atoms with Crippen molar-refractivity contribution in [1.82, 2.24) is 24.7 Å². The molecule has 2 aliphatic rings. The molecule has 0 radical (unpaired) electrons. The minimum Gasteiger partial charge on any atom is -0.379 e. The van der Waals surface area contributed by atoms with Crippen molar-refractivity contribution in [2.75, 3.05) is 39.4 Å². The first kappa shape index (κ1) is 18.4. The molecule has 2 aromatic rings. The molecule has 4 rings (SSSR count). The zero-order valence-corrected chi connectivity index (χ0v) is 16.6. The lowest BCUT2D eigenvalue weighted by molar-refractivity contribution is 0.0365. The van der Waals surface area contributed by atoms with E-state index >= 15 is 0 Å². The lowest BCUT2D eigenvalue weighted by atomic mass is 9.99. The summed E-state index contributed by atoms with van der Waals surface area (Å²) in [4.78, 5) is 9.40. The van der Waals surface area contributed by atoms with Crippen molar-refractivity contribution < 1.29 is 4.74 Å². The molecule has 2 atom stereocenters. The number of rotatable bonds is 6. The number of aryl methyl sites for hydroxylation is 1. The van der Waals surface area contributed by atoms with Crippen molar-refractivity contribution in [3.05, 3.63) is 54.1 Å². The van der Waals surface area contributed by atoms with Crippen molar-refractivity contribution in [2.24, 2.45) is 7.05 Å². The Balaban J connectivity index is 1.50. The average Bonchev–Trinajstić information content (AvgIpc) is 3.27. The molecule has 2 saturated heterocycles. The van der Waals surface area contributed by atoms with Crippen LogP contribution in [0.2, 0.25) is 0 Å². The summed E-state index contributed by atoms with van der Waals surface area (Å²) in [5, 5.41) is 4.34. The van der Waals surface area contributed by atoms with Gasteiger partial charge in [0.1, 0.15) is 0 Å². The molecular weight excluding hydrogens is 358 g/mol. The molecule has 0 aliphatic carbocycles. The molecule has 0 saturated carbocycles. The predicted octanol–water partition coefficient (Wildman–Crippen LogP) is 2.11. The van der Waals surface area contributed by atoms with Crippen LogP contribution < -0.4 is 5.32 Å². The van der Waals surface area contributed by atoms with Gasteiger partial charge in [-0.3, -0.25) is 9.88 Å². The van der Waals surface area contributed by atoms with E-state index in [1.807, 2.05) is 18.3 Å². The van der Waals surface area contributed by atoms with E-state index in [9.17, 15) is 0 Å². The second-order valence-electron chi connectivity index (χ2n) is 7.24. The Kier molecular flexibility index (Phi) is 5.71. The van der Waals surface area contributed by atoms with Crippen LogP contribution in [-0.4, -0.2) is 63.9 Å². The molecule has 2 aliphatic heterocycles. The van der Waals surface area contributed by atoms with Crippen molar-refractivity contribution in [1.29, 1.82) is 0 Å². The van der Waals surface area contributed by atoms with Crippen molar-refractivity contribution in [3.8, 4) is 0 Å². The van der Waals surface area contributed by atoms with E-state index in [2.05, 4.69) is 56.2 Å². The van der Waals surface area contributed by atoms with Gasteiger partial charge in [0.2, 0.25) is 0 Å². The highest BCUT2D eigenvalue weighted by Crippen LogP contribution is 2.38. The van der Waals surface area contributed by atoms with E-state index in [0.29, 0.717) is 0 Å². The predicted molar refractivity (Wildman–Crippen MR) is 109 cm³/mol. The molecule has 0 amide bonds. The number of thiocarbonyl (C=S) groups is 1. The van der Waals surface area contributed by atoms with Gasteiger partial charge in [-0.2, -0.15) is 0 Å². The van der Waals surface area contributed by atoms with Crippen LogP contribution in [0.5, 0.6) is 0 Å². The van der Waals surface area contributed by atoms with Gasteiger partial charge in [-0.15, -0.1) is 0 Å². The Morgan fingerprint density at radius 1 is 1.22 bits per heavy atom. The van der Waals surface area contributed by atoms with Gasteiger partial charge in [-0.05, 0) is 42.4 Å². The highest BCUT2D eigenvalue weighted by molar-refractivity contribution is 7.80. The topological polar surface area (TPSA) is 45.6 Å². The van der Waals surface area contributed by atoms with Gasteiger partial charge in [0.25, 0.3) is 0 Å². The minimum atomic E-state index is 0.0736. The van der Waals surface area contributed by atoms with Gasteiger partial charge in [0.05, 0.1) is 31.0 Å². The number of hydrogen-bond donors (Lipinski definition) is 1. The summed E-state index contributed by atoms with van der Waals surface area (Å²) in [5.41, 5.74) is 2.30. The highest BCUT2D eigenvalue weighted by atomic mass is 32.1. The Morgan fingerprint density at radius 2 is 2.07 bits per heavy atom. The zero-order chi connectivity index (χ0) is 18.6. The van der Waals surface area contributed by atoms with E-state index in [1.165, 1.54) is 5.56 Å². The monoisotopic (exact) mass is 385 g/mol. The normalized spacial score (nSPS) is 23.6. The third kappa shape index (κ3) is 4.15. The second kappa shape index (κ2) is 8.37. The Bertz CT molecular complexity index is 759. The quantitative estimate of drug-likeness (QED) is 0.769. The smallest absolute Gasteiger partial charge is 0.170 e. The standard InChI is InChI=1S/C20H27N5OS/c1-23-10-6-16(15-23)19-18(17-5-2-3-7-21-17)22-20(27)25(19)9-4-8-24-11-13-26-14-12-24/h2-3,5-7,10,15,18-19H,4,8-9,11-14H2,1H3,(H,22,27). The van der Waals surface area contributed by atoms with Crippen molar-refractivity contribution in [3.63, 3.8) is 0 Å². The summed E-state index contributed by atoms with van der Waals surface area (Å²) in [7, 11) is 2.06. The van der Waals surface area contributed by atoms with Gasteiger partial charge in [-0.25, -0.2) is 0 Å². The van der Waals surface area contributed by atoms with Gasteiger partial charge in [0, 0.05) is 51.8 Å². The summed E-state index contributed by atoms with van der Waals surface area (Å²) < 4.78 is 7.54. The van der Waals surface area contributed by atoms with Crippen LogP contribution in [0.3, 0.4) is 0 Å². The molecule has 2 aromatic heterocycles. The number of aromatic nitrogens is 2. The summed E-state index contributed by atoms with van der Waals surface area (Å²) >= 11 is 5.72. The molecule has 0 spiro atoms. The van der Waals surface area contributed by atoms with Crippen LogP contribution in [0, 0.1) is 0 Å². The SMILES string of the molecule is Cn1ccc(C2C(c3ccccn3)NC(=S)N2CCCN2CCOCC2)c1. The Morgan fingerprint density at radius 3 is 2.78 bits per heavy atom. The molecule has 144 valence electrons. The number of ether oxygens (including phenoxy) is 1. The first-order valence-corrected chi connectivity index (χ1v) is 10.0. The van der Waals surface area contributed by atoms with E-state index in [1.54, 1.807) is 0 Å². The van der Waals surface area contributed by atoms with Crippen LogP contribution in [0.25, 0.3) is 0 Å². The molecular formula is C20H27N5OS. The summed E-state index contributed by atoms with van der Waals surface area (Å²) in [6, 6.07) is 8.49. The van der Waals surface area contributed by atoms with Crippen LogP contribution in [0.1, 0.15) is 29.8 Å².